The lowest BCUT2D eigenvalue weighted by atomic mass is 10.1. The molecule has 0 atom stereocenters. The third kappa shape index (κ3) is 4.61. The number of ether oxygens (including phenoxy) is 1. The van der Waals surface area contributed by atoms with Gasteiger partial charge in [0.2, 0.25) is 0 Å². The maximum atomic E-state index is 12.6. The van der Waals surface area contributed by atoms with Crippen LogP contribution in [0.4, 0.5) is 17.2 Å². The fourth-order valence-electron chi connectivity index (χ4n) is 2.58. The van der Waals surface area contributed by atoms with Crippen LogP contribution < -0.4 is 15.4 Å². The van der Waals surface area contributed by atoms with Gasteiger partial charge in [0.05, 0.1) is 7.11 Å². The van der Waals surface area contributed by atoms with Crippen molar-refractivity contribution in [2.24, 2.45) is 0 Å². The van der Waals surface area contributed by atoms with Crippen molar-refractivity contribution in [3.05, 3.63) is 71.2 Å². The van der Waals surface area contributed by atoms with Crippen LogP contribution in [0.1, 0.15) is 27.4 Å². The number of benzene rings is 2. The molecule has 1 amide bonds. The third-order valence-electron chi connectivity index (χ3n) is 4.20. The molecule has 0 aliphatic rings. The molecule has 0 bridgehead atoms. The zero-order chi connectivity index (χ0) is 19.4. The number of carbonyl (C=O) groups is 1. The summed E-state index contributed by atoms with van der Waals surface area (Å²) in [4.78, 5) is 21.2. The fourth-order valence-corrected chi connectivity index (χ4v) is 2.58. The van der Waals surface area contributed by atoms with Crippen LogP contribution in [0.25, 0.3) is 0 Å². The van der Waals surface area contributed by atoms with E-state index < -0.39 is 0 Å². The largest absolute Gasteiger partial charge is 0.497 e. The number of hydrogen-bond acceptors (Lipinski definition) is 5. The lowest BCUT2D eigenvalue weighted by molar-refractivity contribution is 0.102. The first-order chi connectivity index (χ1) is 12.9. The second-order valence-electron chi connectivity index (χ2n) is 6.29. The normalized spacial score (nSPS) is 10.4. The highest BCUT2D eigenvalue weighted by molar-refractivity contribution is 6.03. The van der Waals surface area contributed by atoms with Crippen LogP contribution in [-0.2, 0) is 0 Å². The Labute approximate surface area is 158 Å². The zero-order valence-corrected chi connectivity index (χ0v) is 15.8. The molecule has 0 aliphatic heterocycles. The van der Waals surface area contributed by atoms with E-state index in [9.17, 15) is 4.79 Å². The number of nitrogens with zero attached hydrogens (tertiary/aromatic N) is 2. The first kappa shape index (κ1) is 18.4. The maximum Gasteiger partial charge on any atom is 0.274 e. The molecule has 0 fully saturated rings. The molecule has 0 saturated heterocycles. The quantitative estimate of drug-likeness (QED) is 0.703. The summed E-state index contributed by atoms with van der Waals surface area (Å²) < 4.78 is 5.12. The van der Waals surface area contributed by atoms with Gasteiger partial charge in [0.1, 0.15) is 23.1 Å². The van der Waals surface area contributed by atoms with Crippen LogP contribution in [-0.4, -0.2) is 23.0 Å². The van der Waals surface area contributed by atoms with Crippen LogP contribution in [0.5, 0.6) is 5.75 Å². The summed E-state index contributed by atoms with van der Waals surface area (Å²) in [5.41, 5.74) is 4.28. The standard InChI is InChI=1S/C21H22N4O2/c1-13-5-6-17(11-14(13)2)24-20-12-19(22-15(3)23-20)21(26)25-16-7-9-18(27-4)10-8-16/h5-12H,1-4H3,(H,25,26)(H,22,23,24). The molecule has 1 aromatic heterocycles. The van der Waals surface area contributed by atoms with Gasteiger partial charge in [0.25, 0.3) is 5.91 Å². The highest BCUT2D eigenvalue weighted by Crippen LogP contribution is 2.20. The van der Waals surface area contributed by atoms with E-state index in [0.29, 0.717) is 23.0 Å². The Bertz CT molecular complexity index is 968. The van der Waals surface area contributed by atoms with Gasteiger partial charge in [-0.05, 0) is 68.3 Å². The Morgan fingerprint density at radius 2 is 1.59 bits per heavy atom. The molecule has 6 heteroatoms. The minimum atomic E-state index is -0.297. The van der Waals surface area contributed by atoms with Crippen molar-refractivity contribution in [2.75, 3.05) is 17.7 Å². The van der Waals surface area contributed by atoms with Gasteiger partial charge in [-0.3, -0.25) is 4.79 Å². The van der Waals surface area contributed by atoms with Crippen molar-refractivity contribution in [3.63, 3.8) is 0 Å². The number of nitrogens with one attached hydrogen (secondary N) is 2. The highest BCUT2D eigenvalue weighted by Gasteiger charge is 2.11. The molecule has 27 heavy (non-hydrogen) atoms. The summed E-state index contributed by atoms with van der Waals surface area (Å²) in [7, 11) is 1.60. The predicted molar refractivity (Wildman–Crippen MR) is 107 cm³/mol. The molecular formula is C21H22N4O2. The molecule has 0 saturated carbocycles. The van der Waals surface area contributed by atoms with E-state index >= 15 is 0 Å². The van der Waals surface area contributed by atoms with E-state index in [-0.39, 0.29) is 5.91 Å². The summed E-state index contributed by atoms with van der Waals surface area (Å²) in [6.45, 7) is 5.88. The molecule has 138 valence electrons. The Morgan fingerprint density at radius 3 is 2.26 bits per heavy atom. The second kappa shape index (κ2) is 7.86. The lowest BCUT2D eigenvalue weighted by Gasteiger charge is -2.11. The SMILES string of the molecule is COc1ccc(NC(=O)c2cc(Nc3ccc(C)c(C)c3)nc(C)n2)cc1. The summed E-state index contributed by atoms with van der Waals surface area (Å²) in [6, 6.07) is 14.8. The second-order valence-corrected chi connectivity index (χ2v) is 6.29. The number of aromatic nitrogens is 2. The Balaban J connectivity index is 1.79. The molecule has 0 aliphatic carbocycles. The van der Waals surface area contributed by atoms with Gasteiger partial charge < -0.3 is 15.4 Å². The maximum absolute atomic E-state index is 12.6. The van der Waals surface area contributed by atoms with Gasteiger partial charge in [-0.2, -0.15) is 0 Å². The van der Waals surface area contributed by atoms with Crippen LogP contribution in [0.2, 0.25) is 0 Å². The first-order valence-electron chi connectivity index (χ1n) is 8.60. The van der Waals surface area contributed by atoms with Crippen molar-refractivity contribution in [2.45, 2.75) is 20.8 Å². The summed E-state index contributed by atoms with van der Waals surface area (Å²) >= 11 is 0. The average Bonchev–Trinajstić information content (AvgIpc) is 2.65. The first-order valence-corrected chi connectivity index (χ1v) is 8.60. The molecule has 1 heterocycles. The Kier molecular flexibility index (Phi) is 5.35. The van der Waals surface area contributed by atoms with Crippen LogP contribution in [0.3, 0.4) is 0 Å². The summed E-state index contributed by atoms with van der Waals surface area (Å²) in [5, 5.41) is 6.07. The van der Waals surface area contributed by atoms with Crippen molar-refractivity contribution in [1.82, 2.24) is 9.97 Å². The van der Waals surface area contributed by atoms with Gasteiger partial charge in [-0.15, -0.1) is 0 Å². The molecule has 2 N–H and O–H groups in total. The lowest BCUT2D eigenvalue weighted by Crippen LogP contribution is -2.15. The van der Waals surface area contributed by atoms with Crippen LogP contribution in [0, 0.1) is 20.8 Å². The molecular weight excluding hydrogens is 340 g/mol. The molecule has 0 radical (unpaired) electrons. The van der Waals surface area contributed by atoms with E-state index in [0.717, 1.165) is 11.4 Å². The van der Waals surface area contributed by atoms with Gasteiger partial charge >= 0.3 is 0 Å². The van der Waals surface area contributed by atoms with Crippen molar-refractivity contribution >= 4 is 23.1 Å². The van der Waals surface area contributed by atoms with Crippen LogP contribution in [0.15, 0.2) is 48.5 Å². The van der Waals surface area contributed by atoms with Gasteiger partial charge in [-0.1, -0.05) is 6.07 Å². The van der Waals surface area contributed by atoms with E-state index in [2.05, 4.69) is 34.4 Å². The van der Waals surface area contributed by atoms with Crippen molar-refractivity contribution < 1.29 is 9.53 Å². The van der Waals surface area contributed by atoms with E-state index in [1.54, 1.807) is 44.4 Å². The Hall–Kier alpha value is -3.41. The summed E-state index contributed by atoms with van der Waals surface area (Å²) in [5.74, 6) is 1.52. The molecule has 0 unspecified atom stereocenters. The molecule has 6 nitrogen and oxygen atoms in total. The molecule has 0 spiro atoms. The number of anilines is 3. The molecule has 3 rings (SSSR count). The van der Waals surface area contributed by atoms with E-state index in [1.807, 2.05) is 18.2 Å². The number of aryl methyl sites for hydroxylation is 3. The predicted octanol–water partition coefficient (Wildman–Crippen LogP) is 4.41. The van der Waals surface area contributed by atoms with E-state index in [1.165, 1.54) is 11.1 Å². The number of carbonyl (C=O) groups excluding carboxylic acids is 1. The van der Waals surface area contributed by atoms with Gasteiger partial charge in [0, 0.05) is 17.4 Å². The van der Waals surface area contributed by atoms with Crippen molar-refractivity contribution in [3.8, 4) is 5.75 Å². The highest BCUT2D eigenvalue weighted by atomic mass is 16.5. The topological polar surface area (TPSA) is 76.1 Å². The Morgan fingerprint density at radius 1 is 0.889 bits per heavy atom. The zero-order valence-electron chi connectivity index (χ0n) is 15.8. The number of hydrogen-bond donors (Lipinski definition) is 2. The smallest absolute Gasteiger partial charge is 0.274 e. The third-order valence-corrected chi connectivity index (χ3v) is 4.20. The van der Waals surface area contributed by atoms with E-state index in [4.69, 9.17) is 4.74 Å². The van der Waals surface area contributed by atoms with Gasteiger partial charge in [0.15, 0.2) is 0 Å². The number of rotatable bonds is 5. The molecule has 3 aromatic rings. The van der Waals surface area contributed by atoms with Crippen LogP contribution >= 0.6 is 0 Å². The van der Waals surface area contributed by atoms with Crippen molar-refractivity contribution in [1.29, 1.82) is 0 Å². The van der Waals surface area contributed by atoms with Gasteiger partial charge in [-0.25, -0.2) is 9.97 Å². The summed E-state index contributed by atoms with van der Waals surface area (Å²) in [6.07, 6.45) is 0. The fraction of sp³-hybridized carbons (Fsp3) is 0.190. The minimum absolute atomic E-state index is 0.296. The minimum Gasteiger partial charge on any atom is -0.497 e. The average molecular weight is 362 g/mol. The molecule has 2 aromatic carbocycles. The monoisotopic (exact) mass is 362 g/mol. The number of amides is 1. The number of methoxy groups -OCH3 is 1.